The van der Waals surface area contributed by atoms with Gasteiger partial charge in [0.15, 0.2) is 0 Å². The van der Waals surface area contributed by atoms with E-state index in [1.54, 1.807) is 0 Å². The second-order valence-corrected chi connectivity index (χ2v) is 6.51. The molecule has 1 saturated heterocycles. The van der Waals surface area contributed by atoms with Gasteiger partial charge < -0.3 is 10.1 Å². The van der Waals surface area contributed by atoms with Crippen LogP contribution in [-0.2, 0) is 4.74 Å². The first-order chi connectivity index (χ1) is 10.3. The van der Waals surface area contributed by atoms with Crippen LogP contribution in [0.25, 0.3) is 0 Å². The first-order valence-electron chi connectivity index (χ1n) is 8.37. The third-order valence-corrected chi connectivity index (χ3v) is 5.09. The van der Waals surface area contributed by atoms with Gasteiger partial charge in [-0.25, -0.2) is 0 Å². The summed E-state index contributed by atoms with van der Waals surface area (Å²) >= 11 is 0. The topological polar surface area (TPSA) is 24.5 Å². The number of benzene rings is 1. The number of likely N-dealkylation sites (N-methyl/N-ethyl adjacent to an activating group) is 1. The van der Waals surface area contributed by atoms with Crippen LogP contribution in [0.3, 0.4) is 0 Å². The Morgan fingerprint density at radius 3 is 2.76 bits per heavy atom. The van der Waals surface area contributed by atoms with Gasteiger partial charge in [-0.3, -0.25) is 4.90 Å². The van der Waals surface area contributed by atoms with E-state index in [4.69, 9.17) is 4.74 Å². The molecule has 0 amide bonds. The highest BCUT2D eigenvalue weighted by atomic mass is 16.5. The van der Waals surface area contributed by atoms with E-state index in [0.29, 0.717) is 18.2 Å². The summed E-state index contributed by atoms with van der Waals surface area (Å²) in [6.07, 6.45) is 5.71. The van der Waals surface area contributed by atoms with Crippen molar-refractivity contribution < 1.29 is 4.74 Å². The molecule has 2 fully saturated rings. The van der Waals surface area contributed by atoms with Crippen LogP contribution in [0.5, 0.6) is 0 Å². The van der Waals surface area contributed by atoms with E-state index in [9.17, 15) is 0 Å². The Hall–Kier alpha value is -0.900. The Balaban J connectivity index is 1.69. The van der Waals surface area contributed by atoms with Crippen LogP contribution >= 0.6 is 0 Å². The molecule has 1 saturated carbocycles. The highest BCUT2D eigenvalue weighted by molar-refractivity contribution is 5.24. The van der Waals surface area contributed by atoms with Crippen LogP contribution in [-0.4, -0.2) is 43.8 Å². The monoisotopic (exact) mass is 288 g/mol. The summed E-state index contributed by atoms with van der Waals surface area (Å²) in [5.41, 5.74) is 2.72. The molecule has 3 heteroatoms. The maximum absolute atomic E-state index is 5.99. The second-order valence-electron chi connectivity index (χ2n) is 6.51. The molecular formula is C18H28N2O. The molecule has 116 valence electrons. The average Bonchev–Trinajstić information content (AvgIpc) is 2.54. The Labute approximate surface area is 128 Å². The predicted molar refractivity (Wildman–Crippen MR) is 86.5 cm³/mol. The van der Waals surface area contributed by atoms with Crippen molar-refractivity contribution in [2.24, 2.45) is 0 Å². The molecule has 0 radical (unpaired) electrons. The zero-order valence-corrected chi connectivity index (χ0v) is 13.3. The Morgan fingerprint density at radius 1 is 1.24 bits per heavy atom. The lowest BCUT2D eigenvalue weighted by molar-refractivity contribution is -0.0901. The van der Waals surface area contributed by atoms with E-state index in [0.717, 1.165) is 19.7 Å². The quantitative estimate of drug-likeness (QED) is 0.922. The van der Waals surface area contributed by atoms with Crippen LogP contribution in [0.4, 0.5) is 0 Å². The van der Waals surface area contributed by atoms with E-state index in [1.807, 2.05) is 0 Å². The standard InChI is InChI=1S/C18H28N2O/c1-14-7-9-15(10-8-14)16(19-2)13-20-11-12-21-18-6-4-3-5-17(18)20/h7-10,16-19H,3-6,11-13H2,1-2H3. The van der Waals surface area contributed by atoms with Crippen LogP contribution in [0.2, 0.25) is 0 Å². The number of fused-ring (bicyclic) bond motifs is 1. The smallest absolute Gasteiger partial charge is 0.0730 e. The van der Waals surface area contributed by atoms with Gasteiger partial charge in [0.05, 0.1) is 12.7 Å². The summed E-state index contributed by atoms with van der Waals surface area (Å²) in [5.74, 6) is 0. The number of hydrogen-bond donors (Lipinski definition) is 1. The van der Waals surface area contributed by atoms with E-state index in [2.05, 4.69) is 48.5 Å². The Morgan fingerprint density at radius 2 is 2.00 bits per heavy atom. The molecule has 1 aromatic rings. The lowest BCUT2D eigenvalue weighted by atomic mass is 9.89. The number of hydrogen-bond acceptors (Lipinski definition) is 3. The minimum Gasteiger partial charge on any atom is -0.375 e. The number of aryl methyl sites for hydroxylation is 1. The fourth-order valence-electron chi connectivity index (χ4n) is 3.80. The summed E-state index contributed by atoms with van der Waals surface area (Å²) in [4.78, 5) is 2.66. The second kappa shape index (κ2) is 6.91. The van der Waals surface area contributed by atoms with Crippen LogP contribution in [0.1, 0.15) is 42.9 Å². The number of morpholine rings is 1. The minimum absolute atomic E-state index is 0.409. The van der Waals surface area contributed by atoms with Crippen molar-refractivity contribution in [3.63, 3.8) is 0 Å². The number of rotatable bonds is 4. The third-order valence-electron chi connectivity index (χ3n) is 5.09. The van der Waals surface area contributed by atoms with Gasteiger partial charge in [-0.15, -0.1) is 0 Å². The summed E-state index contributed by atoms with van der Waals surface area (Å²) in [5, 5.41) is 3.50. The summed E-state index contributed by atoms with van der Waals surface area (Å²) in [7, 11) is 2.07. The molecule has 1 aliphatic carbocycles. The fraction of sp³-hybridized carbons (Fsp3) is 0.667. The summed E-state index contributed by atoms with van der Waals surface area (Å²) in [6.45, 7) is 5.20. The molecule has 3 unspecified atom stereocenters. The van der Waals surface area contributed by atoms with Gasteiger partial charge in [-0.05, 0) is 32.4 Å². The van der Waals surface area contributed by atoms with Crippen molar-refractivity contribution in [3.05, 3.63) is 35.4 Å². The Bertz CT molecular complexity index is 443. The first kappa shape index (κ1) is 15.0. The van der Waals surface area contributed by atoms with Crippen molar-refractivity contribution in [1.29, 1.82) is 0 Å². The van der Waals surface area contributed by atoms with Crippen molar-refractivity contribution >= 4 is 0 Å². The zero-order valence-electron chi connectivity index (χ0n) is 13.3. The molecule has 3 nitrogen and oxygen atoms in total. The van der Waals surface area contributed by atoms with Gasteiger partial charge in [0.2, 0.25) is 0 Å². The predicted octanol–water partition coefficient (Wildman–Crippen LogP) is 2.90. The van der Waals surface area contributed by atoms with Gasteiger partial charge >= 0.3 is 0 Å². The molecule has 21 heavy (non-hydrogen) atoms. The minimum atomic E-state index is 0.409. The van der Waals surface area contributed by atoms with Crippen LogP contribution < -0.4 is 5.32 Å². The summed E-state index contributed by atoms with van der Waals surface area (Å²) in [6, 6.07) is 9.98. The van der Waals surface area contributed by atoms with E-state index < -0.39 is 0 Å². The van der Waals surface area contributed by atoms with Gasteiger partial charge in [-0.2, -0.15) is 0 Å². The molecule has 0 spiro atoms. The Kier molecular flexibility index (Phi) is 4.94. The zero-order chi connectivity index (χ0) is 14.7. The summed E-state index contributed by atoms with van der Waals surface area (Å²) < 4.78 is 5.99. The van der Waals surface area contributed by atoms with Crippen LogP contribution in [0, 0.1) is 6.92 Å². The maximum Gasteiger partial charge on any atom is 0.0730 e. The molecule has 1 aromatic carbocycles. The van der Waals surface area contributed by atoms with Crippen molar-refractivity contribution in [1.82, 2.24) is 10.2 Å². The molecule has 1 heterocycles. The SMILES string of the molecule is CNC(CN1CCOC2CCCCC21)c1ccc(C)cc1. The largest absolute Gasteiger partial charge is 0.375 e. The normalized spacial score (nSPS) is 28.1. The fourth-order valence-corrected chi connectivity index (χ4v) is 3.80. The molecule has 2 aliphatic rings. The molecule has 0 aromatic heterocycles. The van der Waals surface area contributed by atoms with Crippen molar-refractivity contribution in [3.8, 4) is 0 Å². The van der Waals surface area contributed by atoms with Crippen molar-refractivity contribution in [2.45, 2.75) is 50.8 Å². The maximum atomic E-state index is 5.99. The van der Waals surface area contributed by atoms with Gasteiger partial charge in [0, 0.05) is 25.2 Å². The number of nitrogens with one attached hydrogen (secondary N) is 1. The molecule has 3 atom stereocenters. The molecule has 0 bridgehead atoms. The highest BCUT2D eigenvalue weighted by Gasteiger charge is 2.34. The lowest BCUT2D eigenvalue weighted by Gasteiger charge is -2.45. The van der Waals surface area contributed by atoms with Gasteiger partial charge in [0.25, 0.3) is 0 Å². The van der Waals surface area contributed by atoms with E-state index in [1.165, 1.54) is 36.8 Å². The van der Waals surface area contributed by atoms with Gasteiger partial charge in [-0.1, -0.05) is 42.7 Å². The molecule has 1 N–H and O–H groups in total. The highest BCUT2D eigenvalue weighted by Crippen LogP contribution is 2.29. The van der Waals surface area contributed by atoms with E-state index in [-0.39, 0.29) is 0 Å². The van der Waals surface area contributed by atoms with Crippen LogP contribution in [0.15, 0.2) is 24.3 Å². The lowest BCUT2D eigenvalue weighted by Crippen LogP contribution is -2.54. The van der Waals surface area contributed by atoms with Crippen molar-refractivity contribution in [2.75, 3.05) is 26.7 Å². The molecule has 3 rings (SSSR count). The third kappa shape index (κ3) is 3.47. The average molecular weight is 288 g/mol. The van der Waals surface area contributed by atoms with E-state index >= 15 is 0 Å². The van der Waals surface area contributed by atoms with Gasteiger partial charge in [0.1, 0.15) is 0 Å². The number of nitrogens with zero attached hydrogens (tertiary/aromatic N) is 1. The number of ether oxygens (including phenoxy) is 1. The molecule has 1 aliphatic heterocycles. The molecular weight excluding hydrogens is 260 g/mol. The first-order valence-corrected chi connectivity index (χ1v) is 8.37.